The van der Waals surface area contributed by atoms with Crippen LogP contribution in [0, 0.1) is 0 Å². The van der Waals surface area contributed by atoms with E-state index in [4.69, 9.17) is 0 Å². The zero-order valence-corrected chi connectivity index (χ0v) is 13.2. The van der Waals surface area contributed by atoms with E-state index in [1.54, 1.807) is 18.2 Å². The lowest BCUT2D eigenvalue weighted by Gasteiger charge is -2.08. The molecule has 0 unspecified atom stereocenters. The summed E-state index contributed by atoms with van der Waals surface area (Å²) in [7, 11) is 0. The van der Waals surface area contributed by atoms with E-state index in [2.05, 4.69) is 21.0 Å². The minimum atomic E-state index is -1.04. The second kappa shape index (κ2) is 8.20. The van der Waals surface area contributed by atoms with Gasteiger partial charge in [-0.25, -0.2) is 0 Å². The molecule has 1 heterocycles. The van der Waals surface area contributed by atoms with Crippen LogP contribution in [0.2, 0.25) is 0 Å². The number of aromatic nitrogens is 1. The number of nitrogens with one attached hydrogen (secondary N) is 4. The van der Waals surface area contributed by atoms with Gasteiger partial charge in [-0.05, 0) is 36.4 Å². The summed E-state index contributed by atoms with van der Waals surface area (Å²) in [6, 6.07) is 9.24. The maximum Gasteiger partial charge on any atom is 0.328 e. The van der Waals surface area contributed by atoms with Crippen LogP contribution in [0.25, 0.3) is 0 Å². The summed E-state index contributed by atoms with van der Waals surface area (Å²) in [5, 5.41) is 4.93. The number of anilines is 2. The summed E-state index contributed by atoms with van der Waals surface area (Å²) in [5.74, 6) is -2.82. The lowest BCUT2D eigenvalue weighted by Crippen LogP contribution is -2.46. The van der Waals surface area contributed by atoms with Crippen LogP contribution in [-0.2, 0) is 14.4 Å². The molecule has 25 heavy (non-hydrogen) atoms. The Hall–Kier alpha value is -3.75. The van der Waals surface area contributed by atoms with Crippen molar-refractivity contribution >= 4 is 35.0 Å². The molecule has 0 aliphatic carbocycles. The van der Waals surface area contributed by atoms with Gasteiger partial charge in [0.05, 0.1) is 5.56 Å². The monoisotopic (exact) mass is 341 g/mol. The SMILES string of the molecule is CC(=O)Nc1ccc(NC(=O)C(=O)NNC(=O)c2cccnc2)cc1. The highest BCUT2D eigenvalue weighted by Gasteiger charge is 2.15. The Morgan fingerprint density at radius 3 is 2.04 bits per heavy atom. The molecule has 0 fully saturated rings. The Morgan fingerprint density at radius 1 is 0.840 bits per heavy atom. The predicted octanol–water partition coefficient (Wildman–Crippen LogP) is 0.440. The second-order valence-electron chi connectivity index (χ2n) is 4.86. The first-order chi connectivity index (χ1) is 12.0. The van der Waals surface area contributed by atoms with Gasteiger partial charge in [0.1, 0.15) is 0 Å². The Morgan fingerprint density at radius 2 is 1.48 bits per heavy atom. The number of amides is 4. The van der Waals surface area contributed by atoms with Crippen molar-refractivity contribution in [3.05, 3.63) is 54.4 Å². The van der Waals surface area contributed by atoms with E-state index in [0.717, 1.165) is 0 Å². The molecule has 2 rings (SSSR count). The Bertz CT molecular complexity index is 790. The summed E-state index contributed by atoms with van der Waals surface area (Å²) < 4.78 is 0. The Balaban J connectivity index is 1.85. The molecule has 0 atom stereocenters. The van der Waals surface area contributed by atoms with Crippen molar-refractivity contribution in [2.75, 3.05) is 10.6 Å². The molecule has 1 aromatic heterocycles. The lowest BCUT2D eigenvalue weighted by atomic mass is 10.2. The number of carbonyl (C=O) groups is 4. The van der Waals surface area contributed by atoms with Crippen molar-refractivity contribution in [2.45, 2.75) is 6.92 Å². The maximum atomic E-state index is 11.8. The molecule has 4 amide bonds. The third-order valence-corrected chi connectivity index (χ3v) is 2.88. The van der Waals surface area contributed by atoms with Crippen LogP contribution in [0.15, 0.2) is 48.8 Å². The van der Waals surface area contributed by atoms with Crippen LogP contribution in [0.3, 0.4) is 0 Å². The maximum absolute atomic E-state index is 11.8. The van der Waals surface area contributed by atoms with Gasteiger partial charge in [0, 0.05) is 30.7 Å². The Labute approximate surface area is 142 Å². The number of rotatable bonds is 3. The first-order valence-corrected chi connectivity index (χ1v) is 7.15. The average Bonchev–Trinajstić information content (AvgIpc) is 2.61. The van der Waals surface area contributed by atoms with Crippen molar-refractivity contribution in [1.29, 1.82) is 0 Å². The summed E-state index contributed by atoms with van der Waals surface area (Å²) in [4.78, 5) is 49.9. The summed E-state index contributed by atoms with van der Waals surface area (Å²) in [5.41, 5.74) is 5.25. The zero-order chi connectivity index (χ0) is 18.2. The van der Waals surface area contributed by atoms with Gasteiger partial charge in [-0.3, -0.25) is 35.0 Å². The first kappa shape index (κ1) is 17.6. The minimum Gasteiger partial charge on any atom is -0.326 e. The molecule has 0 bridgehead atoms. The van der Waals surface area contributed by atoms with Gasteiger partial charge in [0.15, 0.2) is 0 Å². The van der Waals surface area contributed by atoms with Crippen molar-refractivity contribution in [3.63, 3.8) is 0 Å². The normalized spacial score (nSPS) is 9.64. The number of benzene rings is 1. The van der Waals surface area contributed by atoms with Gasteiger partial charge in [-0.2, -0.15) is 0 Å². The third-order valence-electron chi connectivity index (χ3n) is 2.88. The van der Waals surface area contributed by atoms with Crippen molar-refractivity contribution in [1.82, 2.24) is 15.8 Å². The minimum absolute atomic E-state index is 0.222. The quantitative estimate of drug-likeness (QED) is 0.475. The van der Waals surface area contributed by atoms with Gasteiger partial charge >= 0.3 is 11.8 Å². The van der Waals surface area contributed by atoms with Crippen LogP contribution in [0.1, 0.15) is 17.3 Å². The molecule has 0 aliphatic rings. The highest BCUT2D eigenvalue weighted by Crippen LogP contribution is 2.13. The van der Waals surface area contributed by atoms with E-state index < -0.39 is 17.7 Å². The number of nitrogens with zero attached hydrogens (tertiary/aromatic N) is 1. The fourth-order valence-electron chi connectivity index (χ4n) is 1.77. The molecular formula is C16H15N5O4. The van der Waals surface area contributed by atoms with Gasteiger partial charge in [0.2, 0.25) is 5.91 Å². The molecule has 2 aromatic rings. The van der Waals surface area contributed by atoms with Gasteiger partial charge in [-0.15, -0.1) is 0 Å². The largest absolute Gasteiger partial charge is 0.328 e. The number of hydrogen-bond acceptors (Lipinski definition) is 5. The molecule has 1 aromatic carbocycles. The van der Waals surface area contributed by atoms with Crippen LogP contribution in [0.5, 0.6) is 0 Å². The smallest absolute Gasteiger partial charge is 0.326 e. The molecule has 0 spiro atoms. The zero-order valence-electron chi connectivity index (χ0n) is 13.2. The van der Waals surface area contributed by atoms with Crippen LogP contribution in [-0.4, -0.2) is 28.6 Å². The van der Waals surface area contributed by atoms with E-state index in [1.165, 1.54) is 37.5 Å². The van der Waals surface area contributed by atoms with Crippen LogP contribution in [0.4, 0.5) is 11.4 Å². The number of pyridine rings is 1. The third kappa shape index (κ3) is 5.43. The highest BCUT2D eigenvalue weighted by molar-refractivity contribution is 6.39. The highest BCUT2D eigenvalue weighted by atomic mass is 16.2. The topological polar surface area (TPSA) is 129 Å². The fraction of sp³-hybridized carbons (Fsp3) is 0.0625. The number of hydrazine groups is 1. The van der Waals surface area contributed by atoms with Gasteiger partial charge < -0.3 is 10.6 Å². The summed E-state index contributed by atoms with van der Waals surface area (Å²) in [6.07, 6.45) is 2.82. The van der Waals surface area contributed by atoms with E-state index >= 15 is 0 Å². The van der Waals surface area contributed by atoms with Crippen molar-refractivity contribution in [2.24, 2.45) is 0 Å². The molecule has 0 aliphatic heterocycles. The van der Waals surface area contributed by atoms with E-state index in [0.29, 0.717) is 11.4 Å². The van der Waals surface area contributed by atoms with Crippen LogP contribution < -0.4 is 21.5 Å². The molecular weight excluding hydrogens is 326 g/mol. The fourth-order valence-corrected chi connectivity index (χ4v) is 1.77. The predicted molar refractivity (Wildman–Crippen MR) is 89.2 cm³/mol. The lowest BCUT2D eigenvalue weighted by molar-refractivity contribution is -0.136. The second-order valence-corrected chi connectivity index (χ2v) is 4.86. The number of carbonyl (C=O) groups excluding carboxylic acids is 4. The van der Waals surface area contributed by atoms with Crippen molar-refractivity contribution < 1.29 is 19.2 Å². The molecule has 4 N–H and O–H groups in total. The Kier molecular flexibility index (Phi) is 5.77. The first-order valence-electron chi connectivity index (χ1n) is 7.15. The molecule has 0 saturated carbocycles. The molecule has 9 nitrogen and oxygen atoms in total. The number of hydrogen-bond donors (Lipinski definition) is 4. The average molecular weight is 341 g/mol. The standard InChI is InChI=1S/C16H15N5O4/c1-10(22)18-12-4-6-13(7-5-12)19-15(24)16(25)21-20-14(23)11-3-2-8-17-9-11/h2-9H,1H3,(H,18,22)(H,19,24)(H,20,23)(H,21,25). The van der Waals surface area contributed by atoms with E-state index in [9.17, 15) is 19.2 Å². The molecule has 0 saturated heterocycles. The van der Waals surface area contributed by atoms with Gasteiger partial charge in [-0.1, -0.05) is 0 Å². The summed E-state index contributed by atoms with van der Waals surface area (Å²) >= 11 is 0. The molecule has 9 heteroatoms. The van der Waals surface area contributed by atoms with Gasteiger partial charge in [0.25, 0.3) is 5.91 Å². The van der Waals surface area contributed by atoms with Crippen molar-refractivity contribution in [3.8, 4) is 0 Å². The van der Waals surface area contributed by atoms with E-state index in [-0.39, 0.29) is 11.5 Å². The molecule has 0 radical (unpaired) electrons. The molecule has 128 valence electrons. The van der Waals surface area contributed by atoms with Crippen LogP contribution >= 0.6 is 0 Å². The van der Waals surface area contributed by atoms with E-state index in [1.807, 2.05) is 5.43 Å². The summed E-state index contributed by atoms with van der Waals surface area (Å²) in [6.45, 7) is 1.37.